The highest BCUT2D eigenvalue weighted by Gasteiger charge is 2.18. The summed E-state index contributed by atoms with van der Waals surface area (Å²) in [7, 11) is 0. The molecule has 0 aliphatic heterocycles. The fourth-order valence-electron chi connectivity index (χ4n) is 8.29. The molecular weight excluding hydrogens is 753 g/mol. The van der Waals surface area contributed by atoms with Gasteiger partial charge in [0.25, 0.3) is 0 Å². The number of anilines is 6. The van der Waals surface area contributed by atoms with E-state index in [1.54, 1.807) is 0 Å². The van der Waals surface area contributed by atoms with Crippen LogP contribution in [0, 0.1) is 13.8 Å². The molecule has 0 saturated carbocycles. The van der Waals surface area contributed by atoms with E-state index in [2.05, 4.69) is 230 Å². The fourth-order valence-corrected chi connectivity index (χ4v) is 8.29. The van der Waals surface area contributed by atoms with Gasteiger partial charge in [0.2, 0.25) is 0 Å². The van der Waals surface area contributed by atoms with E-state index in [1.807, 2.05) is 24.3 Å². The second-order valence-corrected chi connectivity index (χ2v) is 15.6. The minimum Gasteiger partial charge on any atom is -0.310 e. The first-order valence-corrected chi connectivity index (χ1v) is 21.1. The predicted octanol–water partition coefficient (Wildman–Crippen LogP) is 15.9. The molecule has 62 heavy (non-hydrogen) atoms. The van der Waals surface area contributed by atoms with Crippen LogP contribution < -0.4 is 9.80 Å². The normalized spacial score (nSPS) is 11.1. The molecule has 296 valence electrons. The number of nitrogens with zero attached hydrogens (tertiary/aromatic N) is 4. The second kappa shape index (κ2) is 16.9. The molecular formula is C58H44N4. The summed E-state index contributed by atoms with van der Waals surface area (Å²) in [6.45, 7) is 4.32. The maximum Gasteiger partial charge on any atom is 0.0973 e. The number of aryl methyl sites for hydroxylation is 2. The fraction of sp³-hybridized carbons (Fsp3) is 0.0345. The molecule has 0 fully saturated rings. The number of hydrogen-bond acceptors (Lipinski definition) is 4. The molecule has 0 unspecified atom stereocenters. The van der Waals surface area contributed by atoms with E-state index in [1.165, 1.54) is 11.1 Å². The molecule has 0 radical (unpaired) electrons. The molecule has 0 bridgehead atoms. The van der Waals surface area contributed by atoms with Gasteiger partial charge in [0, 0.05) is 45.3 Å². The van der Waals surface area contributed by atoms with E-state index in [0.717, 1.165) is 89.9 Å². The van der Waals surface area contributed by atoms with Crippen LogP contribution in [-0.4, -0.2) is 9.97 Å². The Hall–Kier alpha value is -8.08. The summed E-state index contributed by atoms with van der Waals surface area (Å²) in [5, 5.41) is 0. The van der Waals surface area contributed by atoms with Gasteiger partial charge in [-0.25, -0.2) is 9.97 Å². The van der Waals surface area contributed by atoms with Crippen LogP contribution in [0.4, 0.5) is 34.1 Å². The first-order valence-electron chi connectivity index (χ1n) is 21.1. The van der Waals surface area contributed by atoms with Gasteiger partial charge in [-0.3, -0.25) is 0 Å². The Morgan fingerprint density at radius 1 is 0.258 bits per heavy atom. The lowest BCUT2D eigenvalue weighted by molar-refractivity contribution is 1.25. The monoisotopic (exact) mass is 796 g/mol. The van der Waals surface area contributed by atoms with Crippen molar-refractivity contribution in [1.29, 1.82) is 0 Å². The molecule has 0 amide bonds. The Labute approximate surface area is 363 Å². The molecule has 10 rings (SSSR count). The van der Waals surface area contributed by atoms with Crippen LogP contribution in [0.3, 0.4) is 0 Å². The van der Waals surface area contributed by atoms with Crippen molar-refractivity contribution in [2.24, 2.45) is 0 Å². The van der Waals surface area contributed by atoms with Crippen molar-refractivity contribution in [3.63, 3.8) is 0 Å². The number of para-hydroxylation sites is 6. The second-order valence-electron chi connectivity index (χ2n) is 15.6. The molecule has 0 aliphatic carbocycles. The van der Waals surface area contributed by atoms with Crippen LogP contribution in [0.5, 0.6) is 0 Å². The zero-order valence-electron chi connectivity index (χ0n) is 34.7. The molecule has 0 saturated heterocycles. The number of fused-ring (bicyclic) bond motifs is 1. The third-order valence-corrected chi connectivity index (χ3v) is 11.5. The minimum absolute atomic E-state index is 0.858. The number of benzene rings is 9. The molecule has 4 nitrogen and oxygen atoms in total. The Morgan fingerprint density at radius 2 is 0.532 bits per heavy atom. The number of hydrogen-bond donors (Lipinski definition) is 0. The van der Waals surface area contributed by atoms with Crippen LogP contribution in [0.15, 0.2) is 231 Å². The third kappa shape index (κ3) is 7.62. The molecule has 0 aliphatic rings. The van der Waals surface area contributed by atoms with Crippen molar-refractivity contribution in [2.45, 2.75) is 13.8 Å². The van der Waals surface area contributed by atoms with E-state index in [0.29, 0.717) is 0 Å². The summed E-state index contributed by atoms with van der Waals surface area (Å²) in [6, 6.07) is 81.3. The van der Waals surface area contributed by atoms with Crippen molar-refractivity contribution in [3.8, 4) is 44.8 Å². The van der Waals surface area contributed by atoms with Crippen LogP contribution in [0.1, 0.15) is 11.1 Å². The Kier molecular flexibility index (Phi) is 10.4. The van der Waals surface area contributed by atoms with Crippen molar-refractivity contribution in [3.05, 3.63) is 242 Å². The molecule has 1 heterocycles. The predicted molar refractivity (Wildman–Crippen MR) is 260 cm³/mol. The van der Waals surface area contributed by atoms with Gasteiger partial charge in [0.1, 0.15) is 0 Å². The summed E-state index contributed by atoms with van der Waals surface area (Å²) < 4.78 is 0. The van der Waals surface area contributed by atoms with E-state index in [4.69, 9.17) is 9.97 Å². The van der Waals surface area contributed by atoms with Crippen molar-refractivity contribution >= 4 is 45.2 Å². The number of rotatable bonds is 10. The summed E-state index contributed by atoms with van der Waals surface area (Å²) >= 11 is 0. The van der Waals surface area contributed by atoms with Gasteiger partial charge >= 0.3 is 0 Å². The van der Waals surface area contributed by atoms with Gasteiger partial charge in [-0.2, -0.15) is 0 Å². The average molecular weight is 797 g/mol. The first kappa shape index (κ1) is 38.1. The summed E-state index contributed by atoms with van der Waals surface area (Å²) in [5.41, 5.74) is 19.3. The van der Waals surface area contributed by atoms with Gasteiger partial charge in [-0.1, -0.05) is 158 Å². The SMILES string of the molecule is Cc1ccccc1N(c1ccccc1)c1ccc(-c2ccc(-c3nc4ccccc4nc3-c3ccc(-c4ccc(N(c5ccccc5)c5ccccc5C)cc4)cc3)cc2)cc1. The largest absolute Gasteiger partial charge is 0.310 e. The molecule has 1 aromatic heterocycles. The highest BCUT2D eigenvalue weighted by atomic mass is 15.1. The van der Waals surface area contributed by atoms with Gasteiger partial charge in [-0.05, 0) is 120 Å². The van der Waals surface area contributed by atoms with E-state index >= 15 is 0 Å². The van der Waals surface area contributed by atoms with E-state index < -0.39 is 0 Å². The molecule has 10 aromatic rings. The van der Waals surface area contributed by atoms with Gasteiger partial charge in [-0.15, -0.1) is 0 Å². The van der Waals surface area contributed by atoms with E-state index in [9.17, 15) is 0 Å². The average Bonchev–Trinajstić information content (AvgIpc) is 3.34. The maximum absolute atomic E-state index is 5.21. The molecule has 0 spiro atoms. The van der Waals surface area contributed by atoms with Crippen LogP contribution in [0.25, 0.3) is 55.8 Å². The highest BCUT2D eigenvalue weighted by molar-refractivity contribution is 5.88. The molecule has 4 heteroatoms. The third-order valence-electron chi connectivity index (χ3n) is 11.5. The topological polar surface area (TPSA) is 32.3 Å². The first-order chi connectivity index (χ1) is 30.6. The molecule has 9 aromatic carbocycles. The van der Waals surface area contributed by atoms with E-state index in [-0.39, 0.29) is 0 Å². The highest BCUT2D eigenvalue weighted by Crippen LogP contribution is 2.40. The van der Waals surface area contributed by atoms with Crippen LogP contribution >= 0.6 is 0 Å². The smallest absolute Gasteiger partial charge is 0.0973 e. The van der Waals surface area contributed by atoms with Crippen molar-refractivity contribution in [1.82, 2.24) is 9.97 Å². The van der Waals surface area contributed by atoms with Crippen molar-refractivity contribution in [2.75, 3.05) is 9.80 Å². The summed E-state index contributed by atoms with van der Waals surface area (Å²) in [5.74, 6) is 0. The zero-order valence-corrected chi connectivity index (χ0v) is 34.7. The Morgan fingerprint density at radius 3 is 0.887 bits per heavy atom. The number of aromatic nitrogens is 2. The van der Waals surface area contributed by atoms with Gasteiger partial charge < -0.3 is 9.80 Å². The molecule has 0 N–H and O–H groups in total. The lowest BCUT2D eigenvalue weighted by Gasteiger charge is -2.27. The van der Waals surface area contributed by atoms with Crippen LogP contribution in [0.2, 0.25) is 0 Å². The lowest BCUT2D eigenvalue weighted by atomic mass is 9.98. The zero-order chi connectivity index (χ0) is 41.8. The summed E-state index contributed by atoms with van der Waals surface area (Å²) in [4.78, 5) is 15.1. The van der Waals surface area contributed by atoms with Gasteiger partial charge in [0.15, 0.2) is 0 Å². The summed E-state index contributed by atoms with van der Waals surface area (Å²) in [6.07, 6.45) is 0. The molecule has 0 atom stereocenters. The van der Waals surface area contributed by atoms with Crippen molar-refractivity contribution < 1.29 is 0 Å². The maximum atomic E-state index is 5.21. The Bertz CT molecular complexity index is 2890. The lowest BCUT2D eigenvalue weighted by Crippen LogP contribution is -2.11. The van der Waals surface area contributed by atoms with Crippen LogP contribution in [-0.2, 0) is 0 Å². The quantitative estimate of drug-likeness (QED) is 0.138. The standard InChI is InChI=1S/C58H44N4/c1-41-15-9-13-23-55(41)61(49-17-5-3-6-18-49)51-37-33-45(34-38-51)43-25-29-47(30-26-43)57-58(60-54-22-12-11-21-53(54)59-57)48-31-27-44(28-32-48)46-35-39-52(40-36-46)62(50-19-7-4-8-20-50)56-24-14-10-16-42(56)2/h3-40H,1-2H3. The van der Waals surface area contributed by atoms with Gasteiger partial charge in [0.05, 0.1) is 22.4 Å². The minimum atomic E-state index is 0.858. The Balaban J connectivity index is 0.938.